The zero-order valence-corrected chi connectivity index (χ0v) is 20.2. The van der Waals surface area contributed by atoms with Crippen LogP contribution in [0.5, 0.6) is 0 Å². The van der Waals surface area contributed by atoms with Crippen molar-refractivity contribution in [2.45, 2.75) is 33.4 Å². The molecule has 9 nitrogen and oxygen atoms in total. The van der Waals surface area contributed by atoms with Crippen LogP contribution in [0.15, 0.2) is 48.8 Å². The molecule has 0 aliphatic carbocycles. The Labute approximate surface area is 200 Å². The Morgan fingerprint density at radius 2 is 2.09 bits per heavy atom. The van der Waals surface area contributed by atoms with Crippen molar-refractivity contribution in [1.29, 1.82) is 0 Å². The molecule has 9 heteroatoms. The van der Waals surface area contributed by atoms with Gasteiger partial charge in [-0.2, -0.15) is 10.1 Å². The first kappa shape index (κ1) is 23.4. The molecule has 0 saturated carbocycles. The number of nitrogens with zero attached hydrogens (tertiary/aromatic N) is 6. The number of likely N-dealkylation sites (N-methyl/N-ethyl adjacent to an activating group) is 1. The molecular formula is C25H32N8O. The van der Waals surface area contributed by atoms with Crippen LogP contribution in [-0.4, -0.2) is 57.7 Å². The van der Waals surface area contributed by atoms with Crippen molar-refractivity contribution in [1.82, 2.24) is 24.6 Å². The SMILES string of the molecule is C/C=C/C(=O)Nc1cccc(CN2CCc3c(C)nc(Nc4cnn(CCN(C)C)c4)nc32)c1. The van der Waals surface area contributed by atoms with Crippen molar-refractivity contribution in [3.63, 3.8) is 0 Å². The number of hydrogen-bond acceptors (Lipinski definition) is 7. The van der Waals surface area contributed by atoms with Gasteiger partial charge in [0.2, 0.25) is 11.9 Å². The average molecular weight is 461 g/mol. The smallest absolute Gasteiger partial charge is 0.248 e. The monoisotopic (exact) mass is 460 g/mol. The van der Waals surface area contributed by atoms with Crippen LogP contribution in [0.4, 0.5) is 23.1 Å². The Morgan fingerprint density at radius 1 is 1.24 bits per heavy atom. The van der Waals surface area contributed by atoms with E-state index in [-0.39, 0.29) is 5.91 Å². The number of fused-ring (bicyclic) bond motifs is 1. The first-order valence-corrected chi connectivity index (χ1v) is 11.5. The number of aryl methyl sites for hydroxylation is 1. The van der Waals surface area contributed by atoms with Crippen molar-refractivity contribution in [3.05, 3.63) is 65.6 Å². The van der Waals surface area contributed by atoms with Gasteiger partial charge in [-0.15, -0.1) is 0 Å². The van der Waals surface area contributed by atoms with Crippen molar-refractivity contribution in [3.8, 4) is 0 Å². The van der Waals surface area contributed by atoms with Crippen LogP contribution >= 0.6 is 0 Å². The number of anilines is 4. The topological polar surface area (TPSA) is 91.2 Å². The normalized spacial score (nSPS) is 13.0. The third-order valence-electron chi connectivity index (χ3n) is 5.68. The van der Waals surface area contributed by atoms with E-state index in [1.807, 2.05) is 57.0 Å². The van der Waals surface area contributed by atoms with Crippen LogP contribution in [0.25, 0.3) is 0 Å². The number of rotatable bonds is 9. The highest BCUT2D eigenvalue weighted by molar-refractivity contribution is 5.99. The van der Waals surface area contributed by atoms with E-state index in [2.05, 4.69) is 36.6 Å². The number of allylic oxidation sites excluding steroid dienone is 1. The average Bonchev–Trinajstić information content (AvgIpc) is 3.40. The Hall–Kier alpha value is -3.72. The van der Waals surface area contributed by atoms with Crippen LogP contribution in [0.2, 0.25) is 0 Å². The molecule has 0 spiro atoms. The first-order chi connectivity index (χ1) is 16.4. The van der Waals surface area contributed by atoms with Gasteiger partial charge in [-0.05, 0) is 58.1 Å². The summed E-state index contributed by atoms with van der Waals surface area (Å²) in [6, 6.07) is 7.94. The number of nitrogens with one attached hydrogen (secondary N) is 2. The van der Waals surface area contributed by atoms with Gasteiger partial charge in [-0.1, -0.05) is 18.2 Å². The van der Waals surface area contributed by atoms with Gasteiger partial charge < -0.3 is 20.4 Å². The lowest BCUT2D eigenvalue weighted by Crippen LogP contribution is -2.21. The minimum atomic E-state index is -0.129. The lowest BCUT2D eigenvalue weighted by atomic mass is 10.2. The lowest BCUT2D eigenvalue weighted by molar-refractivity contribution is -0.111. The van der Waals surface area contributed by atoms with Gasteiger partial charge in [0.1, 0.15) is 5.82 Å². The van der Waals surface area contributed by atoms with Gasteiger partial charge in [-0.3, -0.25) is 9.48 Å². The zero-order valence-electron chi connectivity index (χ0n) is 20.2. The second-order valence-corrected chi connectivity index (χ2v) is 8.72. The fraction of sp³-hybridized carbons (Fsp3) is 0.360. The summed E-state index contributed by atoms with van der Waals surface area (Å²) in [5, 5.41) is 10.6. The fourth-order valence-electron chi connectivity index (χ4n) is 3.98. The molecule has 0 fully saturated rings. The summed E-state index contributed by atoms with van der Waals surface area (Å²) in [4.78, 5) is 25.8. The molecular weight excluding hydrogens is 428 g/mol. The van der Waals surface area contributed by atoms with E-state index in [1.54, 1.807) is 12.3 Å². The maximum Gasteiger partial charge on any atom is 0.248 e. The number of aromatic nitrogens is 4. The van der Waals surface area contributed by atoms with E-state index in [0.717, 1.165) is 54.5 Å². The number of hydrogen-bond donors (Lipinski definition) is 2. The molecule has 0 atom stereocenters. The summed E-state index contributed by atoms with van der Waals surface area (Å²) < 4.78 is 1.91. The Balaban J connectivity index is 1.48. The molecule has 1 aliphatic rings. The standard InChI is InChI=1S/C25H32N8O/c1-5-7-23(34)28-20-9-6-8-19(14-20)16-32-11-10-22-18(2)27-25(30-24(22)32)29-21-15-26-33(17-21)13-12-31(3)4/h5-9,14-15,17H,10-13,16H2,1-4H3,(H,28,34)(H,27,29,30)/b7-5+. The van der Waals surface area contributed by atoms with E-state index < -0.39 is 0 Å². The predicted octanol–water partition coefficient (Wildman–Crippen LogP) is 3.36. The highest BCUT2D eigenvalue weighted by Crippen LogP contribution is 2.31. The van der Waals surface area contributed by atoms with Gasteiger partial charge in [0.15, 0.2) is 0 Å². The van der Waals surface area contributed by atoms with Crippen LogP contribution in [0, 0.1) is 6.92 Å². The van der Waals surface area contributed by atoms with Gasteiger partial charge >= 0.3 is 0 Å². The van der Waals surface area contributed by atoms with Gasteiger partial charge in [0.05, 0.1) is 18.4 Å². The highest BCUT2D eigenvalue weighted by atomic mass is 16.1. The predicted molar refractivity (Wildman–Crippen MR) is 135 cm³/mol. The largest absolute Gasteiger partial charge is 0.352 e. The summed E-state index contributed by atoms with van der Waals surface area (Å²) in [7, 11) is 4.09. The Bertz CT molecular complexity index is 1180. The zero-order chi connectivity index (χ0) is 24.1. The molecule has 1 amide bonds. The molecule has 34 heavy (non-hydrogen) atoms. The van der Waals surface area contributed by atoms with E-state index in [0.29, 0.717) is 12.5 Å². The molecule has 0 bridgehead atoms. The number of amides is 1. The summed E-state index contributed by atoms with van der Waals surface area (Å²) in [5.41, 5.74) is 4.94. The Morgan fingerprint density at radius 3 is 2.88 bits per heavy atom. The lowest BCUT2D eigenvalue weighted by Gasteiger charge is -2.19. The van der Waals surface area contributed by atoms with Crippen molar-refractivity contribution >= 4 is 29.0 Å². The van der Waals surface area contributed by atoms with E-state index in [1.165, 1.54) is 11.6 Å². The number of carbonyl (C=O) groups excluding carboxylic acids is 1. The molecule has 0 saturated heterocycles. The van der Waals surface area contributed by atoms with Gasteiger partial charge in [0.25, 0.3) is 0 Å². The summed E-state index contributed by atoms with van der Waals surface area (Å²) in [5.74, 6) is 1.40. The minimum absolute atomic E-state index is 0.129. The minimum Gasteiger partial charge on any atom is -0.352 e. The summed E-state index contributed by atoms with van der Waals surface area (Å²) in [6.45, 7) is 7.19. The first-order valence-electron chi connectivity index (χ1n) is 11.5. The molecule has 2 N–H and O–H groups in total. The van der Waals surface area contributed by atoms with E-state index in [4.69, 9.17) is 4.98 Å². The maximum atomic E-state index is 11.9. The summed E-state index contributed by atoms with van der Waals surface area (Å²) in [6.07, 6.45) is 7.93. The van der Waals surface area contributed by atoms with Gasteiger partial charge in [-0.25, -0.2) is 4.98 Å². The molecule has 1 aliphatic heterocycles. The second-order valence-electron chi connectivity index (χ2n) is 8.72. The molecule has 178 valence electrons. The Kier molecular flexibility index (Phi) is 7.22. The van der Waals surface area contributed by atoms with Crippen LogP contribution in [0.1, 0.15) is 23.7 Å². The molecule has 2 aromatic heterocycles. The van der Waals surface area contributed by atoms with Crippen molar-refractivity contribution in [2.24, 2.45) is 0 Å². The van der Waals surface area contributed by atoms with Crippen LogP contribution in [0.3, 0.4) is 0 Å². The molecule has 3 heterocycles. The number of carbonyl (C=O) groups is 1. The maximum absolute atomic E-state index is 11.9. The fourth-order valence-corrected chi connectivity index (χ4v) is 3.98. The molecule has 0 radical (unpaired) electrons. The molecule has 4 rings (SSSR count). The quantitative estimate of drug-likeness (QED) is 0.473. The van der Waals surface area contributed by atoms with Crippen molar-refractivity contribution in [2.75, 3.05) is 42.7 Å². The molecule has 1 aromatic carbocycles. The second kappa shape index (κ2) is 10.5. The molecule has 0 unspecified atom stereocenters. The van der Waals surface area contributed by atoms with Crippen molar-refractivity contribution < 1.29 is 4.79 Å². The third kappa shape index (κ3) is 5.79. The number of benzene rings is 1. The van der Waals surface area contributed by atoms with Gasteiger partial charge in [0, 0.05) is 42.8 Å². The third-order valence-corrected chi connectivity index (χ3v) is 5.68. The van der Waals surface area contributed by atoms with Crippen LogP contribution < -0.4 is 15.5 Å². The van der Waals surface area contributed by atoms with E-state index in [9.17, 15) is 4.79 Å². The molecule has 3 aromatic rings. The highest BCUT2D eigenvalue weighted by Gasteiger charge is 2.24. The van der Waals surface area contributed by atoms with Crippen LogP contribution in [-0.2, 0) is 24.3 Å². The van der Waals surface area contributed by atoms with E-state index >= 15 is 0 Å². The summed E-state index contributed by atoms with van der Waals surface area (Å²) >= 11 is 0.